The number of methoxy groups -OCH3 is 2. The molecule has 0 radical (unpaired) electrons. The highest BCUT2D eigenvalue weighted by Gasteiger charge is 2.32. The van der Waals surface area contributed by atoms with Gasteiger partial charge in [-0.2, -0.15) is 0 Å². The number of carbonyl (C=O) groups excluding carboxylic acids is 1. The zero-order chi connectivity index (χ0) is 19.7. The lowest BCUT2D eigenvalue weighted by Gasteiger charge is -2.17. The van der Waals surface area contributed by atoms with E-state index in [0.29, 0.717) is 44.1 Å². The number of carbonyl (C=O) groups is 1. The molecule has 0 aliphatic carbocycles. The molecule has 27 heavy (non-hydrogen) atoms. The molecule has 0 fully saturated rings. The Balaban J connectivity index is 2.18. The Morgan fingerprint density at radius 2 is 1.89 bits per heavy atom. The molecule has 1 aromatic heterocycles. The van der Waals surface area contributed by atoms with E-state index in [1.165, 1.54) is 19.1 Å². The number of ether oxygens (including phenoxy) is 3. The SMILES string of the molecule is CCOC(=O)N1Cc2nc(N)nc(-c3c(Cl)cc(Cl)c(OC)c3OC)c2C1. The quantitative estimate of drug-likeness (QED) is 0.819. The minimum absolute atomic E-state index is 0.0569. The van der Waals surface area contributed by atoms with Crippen molar-refractivity contribution in [1.82, 2.24) is 14.9 Å². The standard InChI is InChI=1S/C17H18Cl2N4O4/c1-4-27-17(24)23-6-8-11(7-23)21-16(20)22-13(8)12-9(18)5-10(19)14(25-2)15(12)26-3/h5H,4,6-7H2,1-3H3,(H2,20,21,22). The monoisotopic (exact) mass is 412 g/mol. The van der Waals surface area contributed by atoms with Crippen LogP contribution in [0.4, 0.5) is 10.7 Å². The van der Waals surface area contributed by atoms with Gasteiger partial charge in [-0.1, -0.05) is 23.2 Å². The lowest BCUT2D eigenvalue weighted by atomic mass is 10.0. The van der Waals surface area contributed by atoms with Crippen LogP contribution in [-0.2, 0) is 17.8 Å². The molecule has 0 saturated heterocycles. The molecule has 3 rings (SSSR count). The van der Waals surface area contributed by atoms with E-state index in [4.69, 9.17) is 43.1 Å². The molecule has 0 atom stereocenters. The van der Waals surface area contributed by atoms with E-state index in [0.717, 1.165) is 0 Å². The molecule has 0 spiro atoms. The largest absolute Gasteiger partial charge is 0.492 e. The number of amides is 1. The first-order chi connectivity index (χ1) is 12.9. The van der Waals surface area contributed by atoms with Gasteiger partial charge in [0.15, 0.2) is 11.5 Å². The highest BCUT2D eigenvalue weighted by Crippen LogP contribution is 2.48. The van der Waals surface area contributed by atoms with Gasteiger partial charge < -0.3 is 19.9 Å². The summed E-state index contributed by atoms with van der Waals surface area (Å²) in [7, 11) is 2.95. The van der Waals surface area contributed by atoms with Gasteiger partial charge >= 0.3 is 6.09 Å². The van der Waals surface area contributed by atoms with Crippen LogP contribution in [-0.4, -0.2) is 41.8 Å². The first-order valence-electron chi connectivity index (χ1n) is 8.08. The molecular weight excluding hydrogens is 395 g/mol. The van der Waals surface area contributed by atoms with Gasteiger partial charge in [0.05, 0.1) is 60.9 Å². The first-order valence-corrected chi connectivity index (χ1v) is 8.84. The number of nitrogens with zero attached hydrogens (tertiary/aromatic N) is 3. The molecule has 2 aromatic rings. The predicted molar refractivity (Wildman–Crippen MR) is 101 cm³/mol. The van der Waals surface area contributed by atoms with E-state index >= 15 is 0 Å². The van der Waals surface area contributed by atoms with Gasteiger partial charge in [-0.25, -0.2) is 14.8 Å². The number of benzene rings is 1. The molecule has 0 unspecified atom stereocenters. The number of nitrogens with two attached hydrogens (primary N) is 1. The van der Waals surface area contributed by atoms with Crippen LogP contribution in [0.2, 0.25) is 10.0 Å². The first kappa shape index (κ1) is 19.3. The molecule has 144 valence electrons. The number of nitrogen functional groups attached to an aromatic ring is 1. The number of aromatic nitrogens is 2. The average Bonchev–Trinajstić information content (AvgIpc) is 3.04. The molecule has 2 N–H and O–H groups in total. The second kappa shape index (κ2) is 7.66. The summed E-state index contributed by atoms with van der Waals surface area (Å²) in [4.78, 5) is 22.2. The van der Waals surface area contributed by atoms with Crippen LogP contribution in [0.25, 0.3) is 11.3 Å². The molecule has 1 aromatic carbocycles. The fourth-order valence-electron chi connectivity index (χ4n) is 3.01. The lowest BCUT2D eigenvalue weighted by molar-refractivity contribution is 0.106. The summed E-state index contributed by atoms with van der Waals surface area (Å²) in [5, 5.41) is 0.613. The minimum atomic E-state index is -0.438. The smallest absolute Gasteiger partial charge is 0.410 e. The minimum Gasteiger partial charge on any atom is -0.492 e. The third-order valence-corrected chi connectivity index (χ3v) is 4.69. The summed E-state index contributed by atoms with van der Waals surface area (Å²) in [5.74, 6) is 0.705. The topological polar surface area (TPSA) is 99.8 Å². The zero-order valence-corrected chi connectivity index (χ0v) is 16.5. The van der Waals surface area contributed by atoms with Crippen LogP contribution in [0.3, 0.4) is 0 Å². The molecule has 10 heteroatoms. The van der Waals surface area contributed by atoms with Crippen molar-refractivity contribution in [1.29, 1.82) is 0 Å². The van der Waals surface area contributed by atoms with Crippen LogP contribution in [0.15, 0.2) is 6.07 Å². The Hall–Kier alpha value is -2.45. The molecule has 1 aliphatic rings. The summed E-state index contributed by atoms with van der Waals surface area (Å²) in [5.41, 5.74) is 8.15. The molecule has 0 bridgehead atoms. The normalized spacial score (nSPS) is 12.7. The number of halogens is 2. The van der Waals surface area contributed by atoms with E-state index in [-0.39, 0.29) is 25.6 Å². The lowest BCUT2D eigenvalue weighted by Crippen LogP contribution is -2.26. The summed E-state index contributed by atoms with van der Waals surface area (Å²) >= 11 is 12.7. The summed E-state index contributed by atoms with van der Waals surface area (Å²) < 4.78 is 15.9. The van der Waals surface area contributed by atoms with Crippen molar-refractivity contribution >= 4 is 35.2 Å². The second-order valence-electron chi connectivity index (χ2n) is 5.69. The third kappa shape index (κ3) is 3.42. The van der Waals surface area contributed by atoms with Gasteiger partial charge in [-0.15, -0.1) is 0 Å². The van der Waals surface area contributed by atoms with E-state index in [1.54, 1.807) is 13.0 Å². The van der Waals surface area contributed by atoms with Crippen LogP contribution in [0.5, 0.6) is 11.5 Å². The number of hydrogen-bond acceptors (Lipinski definition) is 7. The second-order valence-corrected chi connectivity index (χ2v) is 6.51. The van der Waals surface area contributed by atoms with Crippen molar-refractivity contribution in [3.63, 3.8) is 0 Å². The van der Waals surface area contributed by atoms with Crippen molar-refractivity contribution < 1.29 is 19.0 Å². The molecule has 0 saturated carbocycles. The van der Waals surface area contributed by atoms with Crippen LogP contribution in [0.1, 0.15) is 18.2 Å². The van der Waals surface area contributed by atoms with Gasteiger partial charge in [-0.3, -0.25) is 4.90 Å². The van der Waals surface area contributed by atoms with Crippen molar-refractivity contribution in [2.24, 2.45) is 0 Å². The maximum absolute atomic E-state index is 12.1. The van der Waals surface area contributed by atoms with Crippen molar-refractivity contribution in [3.05, 3.63) is 27.4 Å². The fourth-order valence-corrected chi connectivity index (χ4v) is 3.62. The number of fused-ring (bicyclic) bond motifs is 1. The Morgan fingerprint density at radius 1 is 1.19 bits per heavy atom. The van der Waals surface area contributed by atoms with Crippen molar-refractivity contribution in [3.8, 4) is 22.8 Å². The zero-order valence-electron chi connectivity index (χ0n) is 15.0. The third-order valence-electron chi connectivity index (χ3n) is 4.11. The molecular formula is C17H18Cl2N4O4. The van der Waals surface area contributed by atoms with E-state index in [9.17, 15) is 4.79 Å². The van der Waals surface area contributed by atoms with Gasteiger partial charge in [-0.05, 0) is 13.0 Å². The highest BCUT2D eigenvalue weighted by atomic mass is 35.5. The maximum Gasteiger partial charge on any atom is 0.410 e. The molecule has 2 heterocycles. The maximum atomic E-state index is 12.1. The Kier molecular flexibility index (Phi) is 5.48. The van der Waals surface area contributed by atoms with Crippen LogP contribution in [0, 0.1) is 0 Å². The number of rotatable bonds is 4. The fraction of sp³-hybridized carbons (Fsp3) is 0.353. The van der Waals surface area contributed by atoms with Crippen molar-refractivity contribution in [2.75, 3.05) is 26.6 Å². The van der Waals surface area contributed by atoms with E-state index < -0.39 is 6.09 Å². The van der Waals surface area contributed by atoms with Gasteiger partial charge in [0.2, 0.25) is 5.95 Å². The summed E-state index contributed by atoms with van der Waals surface area (Å²) in [6.07, 6.45) is -0.438. The van der Waals surface area contributed by atoms with Gasteiger partial charge in [0, 0.05) is 5.56 Å². The summed E-state index contributed by atoms with van der Waals surface area (Å²) in [6.45, 7) is 2.54. The van der Waals surface area contributed by atoms with E-state index in [1.807, 2.05) is 0 Å². The predicted octanol–water partition coefficient (Wildman–Crippen LogP) is 3.52. The van der Waals surface area contributed by atoms with Gasteiger partial charge in [0.1, 0.15) is 0 Å². The molecule has 1 amide bonds. The van der Waals surface area contributed by atoms with Crippen LogP contribution < -0.4 is 15.2 Å². The molecule has 1 aliphatic heterocycles. The number of hydrogen-bond donors (Lipinski definition) is 1. The van der Waals surface area contributed by atoms with Crippen molar-refractivity contribution in [2.45, 2.75) is 20.0 Å². The van der Waals surface area contributed by atoms with Gasteiger partial charge in [0.25, 0.3) is 0 Å². The Bertz CT molecular complexity index is 907. The van der Waals surface area contributed by atoms with E-state index in [2.05, 4.69) is 9.97 Å². The molecule has 8 nitrogen and oxygen atoms in total. The number of anilines is 1. The summed E-state index contributed by atoms with van der Waals surface area (Å²) in [6, 6.07) is 1.54. The average molecular weight is 413 g/mol. The highest BCUT2D eigenvalue weighted by molar-refractivity contribution is 6.38. The Morgan fingerprint density at radius 3 is 2.52 bits per heavy atom. The van der Waals surface area contributed by atoms with Crippen LogP contribution >= 0.6 is 23.2 Å². The Labute approximate surface area is 166 Å².